The molecule has 1 aromatic rings. The Morgan fingerprint density at radius 2 is 2.07 bits per heavy atom. The zero-order valence-electron chi connectivity index (χ0n) is 14.6. The van der Waals surface area contributed by atoms with Gasteiger partial charge in [-0.25, -0.2) is 0 Å². The minimum Gasteiger partial charge on any atom is -0.397 e. The molecule has 4 nitrogen and oxygen atoms in total. The summed E-state index contributed by atoms with van der Waals surface area (Å²) in [4.78, 5) is 2.42. The molecule has 1 aromatic carbocycles. The van der Waals surface area contributed by atoms with Gasteiger partial charge in [-0.1, -0.05) is 17.7 Å². The molecule has 27 heavy (non-hydrogen) atoms. The number of nitrogens with one attached hydrogen (secondary N) is 1. The molecule has 3 aliphatic rings. The van der Waals surface area contributed by atoms with Crippen molar-refractivity contribution in [2.24, 2.45) is 5.92 Å². The third kappa shape index (κ3) is 4.04. The summed E-state index contributed by atoms with van der Waals surface area (Å²) in [6, 6.07) is 6.46. The van der Waals surface area contributed by atoms with Gasteiger partial charge in [-0.2, -0.15) is 0 Å². The van der Waals surface area contributed by atoms with Crippen LogP contribution in [0.5, 0.6) is 0 Å². The highest BCUT2D eigenvalue weighted by molar-refractivity contribution is 6.30. The maximum Gasteiger partial charge on any atom is 0.523 e. The molecule has 0 aromatic heterocycles. The van der Waals surface area contributed by atoms with E-state index in [0.717, 1.165) is 23.8 Å². The topological polar surface area (TPSA) is 50.5 Å². The number of hydrogen-bond acceptors (Lipinski definition) is 4. The minimum absolute atomic E-state index is 0.00361. The molecule has 2 aliphatic carbocycles. The normalized spacial score (nSPS) is 27.6. The smallest absolute Gasteiger partial charge is 0.397 e. The number of benzene rings is 1. The van der Waals surface area contributed by atoms with Crippen molar-refractivity contribution >= 4 is 28.7 Å². The van der Waals surface area contributed by atoms with Crippen LogP contribution in [-0.4, -0.2) is 25.1 Å². The van der Waals surface area contributed by atoms with E-state index < -0.39 is 12.5 Å². The van der Waals surface area contributed by atoms with Crippen molar-refractivity contribution in [1.29, 1.82) is 0 Å². The fourth-order valence-electron chi connectivity index (χ4n) is 4.23. The summed E-state index contributed by atoms with van der Waals surface area (Å²) in [6.45, 7) is 1.07. The van der Waals surface area contributed by atoms with Crippen molar-refractivity contribution in [3.05, 3.63) is 41.1 Å². The maximum absolute atomic E-state index is 12.4. The Kier molecular flexibility index (Phi) is 4.76. The van der Waals surface area contributed by atoms with E-state index in [1.165, 1.54) is 25.3 Å². The average Bonchev–Trinajstić information content (AvgIpc) is 3.21. The first kappa shape index (κ1) is 18.5. The van der Waals surface area contributed by atoms with Gasteiger partial charge < -0.3 is 16.0 Å². The molecule has 3 N–H and O–H groups in total. The van der Waals surface area contributed by atoms with Crippen molar-refractivity contribution in [3.63, 3.8) is 0 Å². The highest BCUT2D eigenvalue weighted by Gasteiger charge is 2.38. The molecule has 1 saturated heterocycles. The maximum atomic E-state index is 12.4. The molecular weight excluding hydrogens is 379 g/mol. The van der Waals surface area contributed by atoms with E-state index in [-0.39, 0.29) is 11.5 Å². The Morgan fingerprint density at radius 3 is 2.70 bits per heavy atom. The Hall–Kier alpha value is -1.86. The lowest BCUT2D eigenvalue weighted by atomic mass is 10.1. The standard InChI is InChI=1S/C19H21ClF3N3O/c20-15-8-12(2-6-18(15)27-19(21,22)23)25-17-9-14(4-5-16(17)24)26-10-11-1-3-13(26)7-11/h2,4-5,8-9,11,13,18,25H,1,3,6-7,10,24H2. The van der Waals surface area contributed by atoms with Crippen molar-refractivity contribution in [1.82, 2.24) is 0 Å². The largest absolute Gasteiger partial charge is 0.523 e. The number of allylic oxidation sites excluding steroid dienone is 1. The lowest BCUT2D eigenvalue weighted by Gasteiger charge is -2.30. The number of nitrogens with two attached hydrogens (primary N) is 1. The van der Waals surface area contributed by atoms with E-state index in [0.29, 0.717) is 17.4 Å². The van der Waals surface area contributed by atoms with E-state index in [9.17, 15) is 13.2 Å². The SMILES string of the molecule is Nc1ccc(N2CC3CCC2C3)cc1NC1=CCC(OC(F)(F)F)C(Cl)=C1. The van der Waals surface area contributed by atoms with Gasteiger partial charge in [0.05, 0.1) is 11.4 Å². The number of anilines is 3. The third-order valence-corrected chi connectivity index (χ3v) is 5.84. The molecule has 8 heteroatoms. The summed E-state index contributed by atoms with van der Waals surface area (Å²) in [7, 11) is 0. The average molecular weight is 400 g/mol. The number of alkyl halides is 3. The third-order valence-electron chi connectivity index (χ3n) is 5.49. The van der Waals surface area contributed by atoms with Crippen molar-refractivity contribution in [3.8, 4) is 0 Å². The second-order valence-corrected chi connectivity index (χ2v) is 7.79. The Bertz CT molecular complexity index is 793. The van der Waals surface area contributed by atoms with Crippen LogP contribution in [0.25, 0.3) is 0 Å². The van der Waals surface area contributed by atoms with Crippen molar-refractivity contribution in [2.75, 3.05) is 22.5 Å². The highest BCUT2D eigenvalue weighted by Crippen LogP contribution is 2.41. The van der Waals surface area contributed by atoms with Crippen LogP contribution in [0, 0.1) is 5.92 Å². The minimum atomic E-state index is -4.72. The second-order valence-electron chi connectivity index (χ2n) is 7.36. The first-order valence-electron chi connectivity index (χ1n) is 9.03. The quantitative estimate of drug-likeness (QED) is 0.701. The monoisotopic (exact) mass is 399 g/mol. The molecule has 2 bridgehead atoms. The molecule has 4 rings (SSSR count). The van der Waals surface area contributed by atoms with E-state index in [4.69, 9.17) is 17.3 Å². The number of nitrogen functional groups attached to an aromatic ring is 1. The van der Waals surface area contributed by atoms with Crippen LogP contribution in [0.15, 0.2) is 41.1 Å². The number of ether oxygens (including phenoxy) is 1. The van der Waals surface area contributed by atoms with Crippen molar-refractivity contribution in [2.45, 2.75) is 44.2 Å². The van der Waals surface area contributed by atoms with Gasteiger partial charge in [0.2, 0.25) is 0 Å². The van der Waals surface area contributed by atoms with Gasteiger partial charge in [-0.05, 0) is 55.9 Å². The molecule has 146 valence electrons. The van der Waals surface area contributed by atoms with E-state index >= 15 is 0 Å². The predicted octanol–water partition coefficient (Wildman–Crippen LogP) is 4.98. The van der Waals surface area contributed by atoms with E-state index in [2.05, 4.69) is 15.0 Å². The number of rotatable bonds is 4. The predicted molar refractivity (Wildman–Crippen MR) is 101 cm³/mol. The first-order chi connectivity index (χ1) is 12.8. The van der Waals surface area contributed by atoms with Crippen LogP contribution in [0.2, 0.25) is 0 Å². The number of halogens is 4. The Labute approximate surface area is 160 Å². The molecule has 3 atom stereocenters. The van der Waals surface area contributed by atoms with Gasteiger partial charge in [0, 0.05) is 29.0 Å². The van der Waals surface area contributed by atoms with Gasteiger partial charge >= 0.3 is 6.36 Å². The first-order valence-corrected chi connectivity index (χ1v) is 9.41. The summed E-state index contributed by atoms with van der Waals surface area (Å²) in [6.07, 6.45) is 0.967. The molecule has 1 heterocycles. The van der Waals surface area contributed by atoms with Gasteiger partial charge in [0.15, 0.2) is 0 Å². The molecule has 0 amide bonds. The Morgan fingerprint density at radius 1 is 1.26 bits per heavy atom. The molecule has 1 aliphatic heterocycles. The summed E-state index contributed by atoms with van der Waals surface area (Å²) >= 11 is 5.98. The number of fused-ring (bicyclic) bond motifs is 2. The summed E-state index contributed by atoms with van der Waals surface area (Å²) in [5.74, 6) is 0.775. The van der Waals surface area contributed by atoms with Gasteiger partial charge in [-0.15, -0.1) is 13.2 Å². The zero-order valence-corrected chi connectivity index (χ0v) is 15.4. The lowest BCUT2D eigenvalue weighted by Crippen LogP contribution is -2.31. The molecule has 2 fully saturated rings. The van der Waals surface area contributed by atoms with E-state index in [1.807, 2.05) is 18.2 Å². The van der Waals surface area contributed by atoms with Crippen LogP contribution >= 0.6 is 11.6 Å². The van der Waals surface area contributed by atoms with Gasteiger partial charge in [-0.3, -0.25) is 4.74 Å². The highest BCUT2D eigenvalue weighted by atomic mass is 35.5. The lowest BCUT2D eigenvalue weighted by molar-refractivity contribution is -0.336. The Balaban J connectivity index is 1.48. The summed E-state index contributed by atoms with van der Waals surface area (Å²) in [5.41, 5.74) is 9.10. The van der Waals surface area contributed by atoms with Crippen LogP contribution in [-0.2, 0) is 4.74 Å². The summed E-state index contributed by atoms with van der Waals surface area (Å²) in [5, 5.41) is 3.19. The molecular formula is C19H21ClF3N3O. The zero-order chi connectivity index (χ0) is 19.2. The molecule has 0 radical (unpaired) electrons. The van der Waals surface area contributed by atoms with Crippen LogP contribution in [0.3, 0.4) is 0 Å². The molecule has 1 saturated carbocycles. The van der Waals surface area contributed by atoms with Gasteiger partial charge in [0.25, 0.3) is 0 Å². The van der Waals surface area contributed by atoms with E-state index in [1.54, 1.807) is 6.08 Å². The molecule has 3 unspecified atom stereocenters. The fourth-order valence-corrected chi connectivity index (χ4v) is 4.48. The van der Waals surface area contributed by atoms with Crippen molar-refractivity contribution < 1.29 is 17.9 Å². The molecule has 0 spiro atoms. The second kappa shape index (κ2) is 6.95. The fraction of sp³-hybridized carbons (Fsp3) is 0.474. The van der Waals surface area contributed by atoms with Crippen LogP contribution in [0.4, 0.5) is 30.2 Å². The number of hydrogen-bond donors (Lipinski definition) is 2. The number of nitrogens with zero attached hydrogens (tertiary/aromatic N) is 1. The van der Waals surface area contributed by atoms with Gasteiger partial charge in [0.1, 0.15) is 6.10 Å². The van der Waals surface area contributed by atoms with Crippen LogP contribution in [0.1, 0.15) is 25.7 Å². The summed E-state index contributed by atoms with van der Waals surface area (Å²) < 4.78 is 41.2. The number of piperidine rings is 1. The van der Waals surface area contributed by atoms with Crippen LogP contribution < -0.4 is 16.0 Å².